The van der Waals surface area contributed by atoms with E-state index in [4.69, 9.17) is 0 Å². The third-order valence-corrected chi connectivity index (χ3v) is 2.55. The summed E-state index contributed by atoms with van der Waals surface area (Å²) < 4.78 is 0. The maximum absolute atomic E-state index is 10.3. The molecule has 4 heteroatoms. The molecule has 0 aromatic rings. The first-order valence-electron chi connectivity index (χ1n) is 5.76. The lowest BCUT2D eigenvalue weighted by Gasteiger charge is -2.08. The number of nitrogens with zero attached hydrogens (tertiary/aromatic N) is 1. The van der Waals surface area contributed by atoms with Crippen LogP contribution >= 0.6 is 0 Å². The fourth-order valence-electron chi connectivity index (χ4n) is 1.67. The minimum Gasteiger partial charge on any atom is -0.303 e. The van der Waals surface area contributed by atoms with Gasteiger partial charge >= 0.3 is 0 Å². The van der Waals surface area contributed by atoms with Gasteiger partial charge in [-0.15, -0.1) is 0 Å². The molecule has 88 valence electrons. The van der Waals surface area contributed by atoms with Crippen LogP contribution in [0, 0.1) is 16.0 Å². The molecule has 0 amide bonds. The fourth-order valence-corrected chi connectivity index (χ4v) is 1.67. The zero-order chi connectivity index (χ0) is 11.5. The van der Waals surface area contributed by atoms with Crippen LogP contribution in [0.4, 0.5) is 0 Å². The zero-order valence-corrected chi connectivity index (χ0v) is 9.48. The Labute approximate surface area is 91.2 Å². The molecule has 0 radical (unpaired) electrons. The highest BCUT2D eigenvalue weighted by Crippen LogP contribution is 2.14. The van der Waals surface area contributed by atoms with Crippen LogP contribution in [0.25, 0.3) is 0 Å². The second kappa shape index (κ2) is 9.62. The quantitative estimate of drug-likeness (QED) is 0.244. The maximum Gasteiger partial charge on any atom is 0.207 e. The van der Waals surface area contributed by atoms with Crippen LogP contribution in [0.3, 0.4) is 0 Å². The first kappa shape index (κ1) is 14.1. The van der Waals surface area contributed by atoms with E-state index in [1.807, 2.05) is 0 Å². The zero-order valence-electron chi connectivity index (χ0n) is 9.48. The van der Waals surface area contributed by atoms with Gasteiger partial charge in [0.05, 0.1) is 0 Å². The third-order valence-electron chi connectivity index (χ3n) is 2.55. The highest BCUT2D eigenvalue weighted by molar-refractivity contribution is 5.49. The van der Waals surface area contributed by atoms with Gasteiger partial charge in [0.25, 0.3) is 0 Å². The number of aldehydes is 1. The van der Waals surface area contributed by atoms with Gasteiger partial charge in [-0.25, -0.2) is 0 Å². The molecule has 4 nitrogen and oxygen atoms in total. The molecule has 0 aromatic heterocycles. The van der Waals surface area contributed by atoms with Gasteiger partial charge in [0.1, 0.15) is 6.29 Å². The van der Waals surface area contributed by atoms with Gasteiger partial charge in [0.2, 0.25) is 6.54 Å². The Balaban J connectivity index is 3.56. The standard InChI is InChI=1S/C11H21NO3/c1-2-3-4-5-6-7-11(8-9-13)10-12(14)15/h9,11H,2-8,10H2,1H3/t11-/m1/s1. The smallest absolute Gasteiger partial charge is 0.207 e. The van der Waals surface area contributed by atoms with Gasteiger partial charge in [-0.2, -0.15) is 0 Å². The van der Waals surface area contributed by atoms with E-state index in [1.165, 1.54) is 19.3 Å². The summed E-state index contributed by atoms with van der Waals surface area (Å²) in [5.41, 5.74) is 0. The lowest BCUT2D eigenvalue weighted by Crippen LogP contribution is -2.14. The normalized spacial score (nSPS) is 12.3. The van der Waals surface area contributed by atoms with Gasteiger partial charge in [-0.1, -0.05) is 39.0 Å². The lowest BCUT2D eigenvalue weighted by atomic mass is 9.98. The van der Waals surface area contributed by atoms with E-state index in [-0.39, 0.29) is 17.4 Å². The first-order valence-corrected chi connectivity index (χ1v) is 5.76. The summed E-state index contributed by atoms with van der Waals surface area (Å²) >= 11 is 0. The van der Waals surface area contributed by atoms with Crippen LogP contribution < -0.4 is 0 Å². The molecule has 0 heterocycles. The van der Waals surface area contributed by atoms with E-state index in [1.54, 1.807) is 0 Å². The first-order chi connectivity index (χ1) is 7.20. The Hall–Kier alpha value is -0.930. The number of carbonyl (C=O) groups excluding carboxylic acids is 1. The van der Waals surface area contributed by atoms with Crippen LogP contribution in [-0.4, -0.2) is 17.8 Å². The minimum atomic E-state index is -0.319. The lowest BCUT2D eigenvalue weighted by molar-refractivity contribution is -0.488. The van der Waals surface area contributed by atoms with Crippen molar-refractivity contribution in [1.82, 2.24) is 0 Å². The van der Waals surface area contributed by atoms with E-state index >= 15 is 0 Å². The molecule has 0 aliphatic carbocycles. The molecule has 0 saturated heterocycles. The molecule has 0 aromatic carbocycles. The summed E-state index contributed by atoms with van der Waals surface area (Å²) in [6, 6.07) is 0. The Bertz CT molecular complexity index is 183. The average Bonchev–Trinajstić information content (AvgIpc) is 2.17. The number of hydrogen-bond donors (Lipinski definition) is 0. The van der Waals surface area contributed by atoms with Crippen molar-refractivity contribution in [2.75, 3.05) is 6.54 Å². The molecule has 1 atom stereocenters. The molecular weight excluding hydrogens is 194 g/mol. The van der Waals surface area contributed by atoms with E-state index < -0.39 is 0 Å². The molecule has 15 heavy (non-hydrogen) atoms. The third kappa shape index (κ3) is 9.38. The Morgan fingerprint density at radius 1 is 1.27 bits per heavy atom. The average molecular weight is 215 g/mol. The van der Waals surface area contributed by atoms with Crippen molar-refractivity contribution < 1.29 is 9.72 Å². The highest BCUT2D eigenvalue weighted by Gasteiger charge is 2.14. The molecule has 0 fully saturated rings. The summed E-state index contributed by atoms with van der Waals surface area (Å²) in [6.07, 6.45) is 7.69. The van der Waals surface area contributed by atoms with Crippen molar-refractivity contribution >= 4 is 6.29 Å². The summed E-state index contributed by atoms with van der Waals surface area (Å²) in [5.74, 6) is -0.0564. The largest absolute Gasteiger partial charge is 0.303 e. The summed E-state index contributed by atoms with van der Waals surface area (Å²) in [7, 11) is 0. The number of unbranched alkanes of at least 4 members (excludes halogenated alkanes) is 4. The van der Waals surface area contributed by atoms with Gasteiger partial charge in [-0.05, 0) is 6.42 Å². The predicted molar refractivity (Wildman–Crippen MR) is 59.4 cm³/mol. The Kier molecular flexibility index (Phi) is 9.02. The van der Waals surface area contributed by atoms with Crippen LogP contribution in [0.5, 0.6) is 0 Å². The van der Waals surface area contributed by atoms with Crippen molar-refractivity contribution in [2.45, 2.75) is 51.9 Å². The molecular formula is C11H21NO3. The molecule has 0 saturated carbocycles. The number of carbonyl (C=O) groups is 1. The van der Waals surface area contributed by atoms with E-state index in [0.717, 1.165) is 25.5 Å². The fraction of sp³-hybridized carbons (Fsp3) is 0.909. The monoisotopic (exact) mass is 215 g/mol. The van der Waals surface area contributed by atoms with Gasteiger partial charge in [-0.3, -0.25) is 10.1 Å². The van der Waals surface area contributed by atoms with Crippen LogP contribution in [0.15, 0.2) is 0 Å². The SMILES string of the molecule is CCCCCCC[C@H](CC=O)C[N+](=O)[O-]. The van der Waals surface area contributed by atoms with Crippen LogP contribution in [0.1, 0.15) is 51.9 Å². The molecule has 0 spiro atoms. The summed E-state index contributed by atoms with van der Waals surface area (Å²) in [5, 5.41) is 10.3. The topological polar surface area (TPSA) is 60.2 Å². The molecule has 0 N–H and O–H groups in total. The molecule has 0 aliphatic rings. The molecule has 0 aliphatic heterocycles. The number of nitro groups is 1. The van der Waals surface area contributed by atoms with Crippen molar-refractivity contribution in [2.24, 2.45) is 5.92 Å². The van der Waals surface area contributed by atoms with E-state index in [2.05, 4.69) is 6.92 Å². The van der Waals surface area contributed by atoms with E-state index in [0.29, 0.717) is 6.42 Å². The Morgan fingerprint density at radius 3 is 2.47 bits per heavy atom. The number of rotatable bonds is 10. The maximum atomic E-state index is 10.3. The van der Waals surface area contributed by atoms with Crippen LogP contribution in [-0.2, 0) is 4.79 Å². The molecule has 0 unspecified atom stereocenters. The van der Waals surface area contributed by atoms with Gasteiger partial charge < -0.3 is 4.79 Å². The summed E-state index contributed by atoms with van der Waals surface area (Å²) in [6.45, 7) is 2.09. The van der Waals surface area contributed by atoms with Gasteiger partial charge in [0.15, 0.2) is 0 Å². The highest BCUT2D eigenvalue weighted by atomic mass is 16.6. The molecule has 0 bridgehead atoms. The minimum absolute atomic E-state index is 0.0564. The second-order valence-corrected chi connectivity index (χ2v) is 3.99. The van der Waals surface area contributed by atoms with E-state index in [9.17, 15) is 14.9 Å². The van der Waals surface area contributed by atoms with Crippen molar-refractivity contribution in [1.29, 1.82) is 0 Å². The molecule has 0 rings (SSSR count). The van der Waals surface area contributed by atoms with Crippen LogP contribution in [0.2, 0.25) is 0 Å². The Morgan fingerprint density at radius 2 is 1.93 bits per heavy atom. The summed E-state index contributed by atoms with van der Waals surface area (Å²) in [4.78, 5) is 20.3. The van der Waals surface area contributed by atoms with Crippen molar-refractivity contribution in [3.05, 3.63) is 10.1 Å². The predicted octanol–water partition coefficient (Wildman–Crippen LogP) is 2.83. The van der Waals surface area contributed by atoms with Crippen molar-refractivity contribution in [3.8, 4) is 0 Å². The number of hydrogen-bond acceptors (Lipinski definition) is 3. The second-order valence-electron chi connectivity index (χ2n) is 3.99. The van der Waals surface area contributed by atoms with Crippen molar-refractivity contribution in [3.63, 3.8) is 0 Å². The van der Waals surface area contributed by atoms with Gasteiger partial charge in [0, 0.05) is 17.3 Å².